The first-order valence-electron chi connectivity index (χ1n) is 9.10. The largest absolute Gasteiger partial charge is 0.385 e. The summed E-state index contributed by atoms with van der Waals surface area (Å²) in [5.74, 6) is -0.115. The van der Waals surface area contributed by atoms with Gasteiger partial charge in [-0.05, 0) is 36.6 Å². The van der Waals surface area contributed by atoms with Crippen LogP contribution in [0.2, 0.25) is 0 Å². The summed E-state index contributed by atoms with van der Waals surface area (Å²) in [6.07, 6.45) is 1.91. The summed E-state index contributed by atoms with van der Waals surface area (Å²) >= 11 is 0. The van der Waals surface area contributed by atoms with Gasteiger partial charge in [-0.3, -0.25) is 9.59 Å². The highest BCUT2D eigenvalue weighted by Gasteiger charge is 2.05. The van der Waals surface area contributed by atoms with E-state index in [-0.39, 0.29) is 18.4 Å². The number of ether oxygens (including phenoxy) is 1. The fourth-order valence-electron chi connectivity index (χ4n) is 2.52. The van der Waals surface area contributed by atoms with Crippen molar-refractivity contribution in [3.05, 3.63) is 60.2 Å². The van der Waals surface area contributed by atoms with E-state index in [0.717, 1.165) is 17.7 Å². The molecule has 2 aromatic rings. The molecule has 0 spiro atoms. The monoisotopic (exact) mass is 369 g/mol. The van der Waals surface area contributed by atoms with Crippen molar-refractivity contribution in [3.8, 4) is 0 Å². The average molecular weight is 369 g/mol. The molecule has 0 saturated carbocycles. The van der Waals surface area contributed by atoms with Gasteiger partial charge in [0.1, 0.15) is 0 Å². The highest BCUT2D eigenvalue weighted by molar-refractivity contribution is 5.91. The molecule has 0 unspecified atom stereocenters. The third-order valence-electron chi connectivity index (χ3n) is 3.93. The van der Waals surface area contributed by atoms with E-state index < -0.39 is 0 Å². The molecular weight excluding hydrogens is 342 g/mol. The number of nitrogens with one attached hydrogen (secondary N) is 3. The van der Waals surface area contributed by atoms with Crippen LogP contribution in [0.15, 0.2) is 54.6 Å². The molecule has 6 nitrogen and oxygen atoms in total. The zero-order chi connectivity index (χ0) is 19.3. The van der Waals surface area contributed by atoms with Crippen LogP contribution in [-0.4, -0.2) is 38.6 Å². The fraction of sp³-hybridized carbons (Fsp3) is 0.333. The first-order valence-corrected chi connectivity index (χ1v) is 9.10. The Kier molecular flexibility index (Phi) is 8.86. The van der Waals surface area contributed by atoms with E-state index in [0.29, 0.717) is 31.7 Å². The average Bonchev–Trinajstić information content (AvgIpc) is 2.69. The van der Waals surface area contributed by atoms with Gasteiger partial charge in [-0.25, -0.2) is 0 Å². The van der Waals surface area contributed by atoms with Gasteiger partial charge in [0.25, 0.3) is 0 Å². The Hall–Kier alpha value is -2.86. The molecule has 0 aromatic heterocycles. The van der Waals surface area contributed by atoms with Crippen LogP contribution in [0.3, 0.4) is 0 Å². The highest BCUT2D eigenvalue weighted by atomic mass is 16.5. The van der Waals surface area contributed by atoms with E-state index in [2.05, 4.69) is 16.0 Å². The molecule has 144 valence electrons. The van der Waals surface area contributed by atoms with Crippen molar-refractivity contribution < 1.29 is 14.3 Å². The van der Waals surface area contributed by atoms with Crippen LogP contribution in [0, 0.1) is 0 Å². The maximum absolute atomic E-state index is 12.1. The summed E-state index contributed by atoms with van der Waals surface area (Å²) in [6.45, 7) is 1.39. The summed E-state index contributed by atoms with van der Waals surface area (Å²) in [4.78, 5) is 23.9. The number of hydrogen-bond donors (Lipinski definition) is 3. The molecule has 0 heterocycles. The van der Waals surface area contributed by atoms with E-state index in [1.165, 1.54) is 0 Å². The number of anilines is 2. The van der Waals surface area contributed by atoms with Crippen LogP contribution in [0.4, 0.5) is 11.4 Å². The van der Waals surface area contributed by atoms with Gasteiger partial charge in [0.15, 0.2) is 0 Å². The first kappa shape index (κ1) is 20.5. The van der Waals surface area contributed by atoms with Crippen molar-refractivity contribution in [2.75, 3.05) is 37.4 Å². The Bertz CT molecular complexity index is 720. The smallest absolute Gasteiger partial charge is 0.239 e. The number of hydrogen-bond acceptors (Lipinski definition) is 4. The number of carbonyl (C=O) groups excluding carboxylic acids is 2. The van der Waals surface area contributed by atoms with Crippen molar-refractivity contribution in [1.29, 1.82) is 0 Å². The minimum Gasteiger partial charge on any atom is -0.385 e. The maximum atomic E-state index is 12.1. The van der Waals surface area contributed by atoms with Crippen molar-refractivity contribution in [2.24, 2.45) is 0 Å². The minimum absolute atomic E-state index is 0.0353. The van der Waals surface area contributed by atoms with E-state index >= 15 is 0 Å². The summed E-state index contributed by atoms with van der Waals surface area (Å²) in [5.41, 5.74) is 2.63. The van der Waals surface area contributed by atoms with Gasteiger partial charge in [-0.1, -0.05) is 36.4 Å². The quantitative estimate of drug-likeness (QED) is 0.532. The molecule has 6 heteroatoms. The van der Waals surface area contributed by atoms with Gasteiger partial charge in [-0.2, -0.15) is 0 Å². The lowest BCUT2D eigenvalue weighted by atomic mass is 10.1. The molecule has 27 heavy (non-hydrogen) atoms. The van der Waals surface area contributed by atoms with Crippen LogP contribution < -0.4 is 16.0 Å². The van der Waals surface area contributed by atoms with Gasteiger partial charge < -0.3 is 20.7 Å². The number of carbonyl (C=O) groups is 2. The Morgan fingerprint density at radius 2 is 1.74 bits per heavy atom. The molecule has 0 aliphatic heterocycles. The number of rotatable bonds is 11. The normalized spacial score (nSPS) is 10.3. The molecule has 2 amide bonds. The molecule has 2 aromatic carbocycles. The van der Waals surface area contributed by atoms with Gasteiger partial charge in [-0.15, -0.1) is 0 Å². The topological polar surface area (TPSA) is 79.5 Å². The SMILES string of the molecule is COCCCNC(=O)CNc1cccc(NC(=O)CCc2ccccc2)c1. The van der Waals surface area contributed by atoms with Gasteiger partial charge >= 0.3 is 0 Å². The third-order valence-corrected chi connectivity index (χ3v) is 3.93. The Balaban J connectivity index is 1.74. The van der Waals surface area contributed by atoms with E-state index in [4.69, 9.17) is 4.74 Å². The molecule has 0 radical (unpaired) electrons. The Labute approximate surface area is 160 Å². The Morgan fingerprint density at radius 3 is 2.52 bits per heavy atom. The van der Waals surface area contributed by atoms with Crippen LogP contribution >= 0.6 is 0 Å². The van der Waals surface area contributed by atoms with Crippen LogP contribution in [-0.2, 0) is 20.7 Å². The lowest BCUT2D eigenvalue weighted by Crippen LogP contribution is -2.31. The van der Waals surface area contributed by atoms with Crippen LogP contribution in [0.5, 0.6) is 0 Å². The van der Waals surface area contributed by atoms with Crippen molar-refractivity contribution in [1.82, 2.24) is 5.32 Å². The molecular formula is C21H27N3O3. The van der Waals surface area contributed by atoms with Crippen LogP contribution in [0.25, 0.3) is 0 Å². The van der Waals surface area contributed by atoms with E-state index in [9.17, 15) is 9.59 Å². The minimum atomic E-state index is -0.0802. The van der Waals surface area contributed by atoms with Crippen molar-refractivity contribution in [3.63, 3.8) is 0 Å². The number of amides is 2. The predicted molar refractivity (Wildman–Crippen MR) is 108 cm³/mol. The number of aryl methyl sites for hydroxylation is 1. The summed E-state index contributed by atoms with van der Waals surface area (Å²) < 4.78 is 4.94. The Morgan fingerprint density at radius 1 is 0.963 bits per heavy atom. The molecule has 0 atom stereocenters. The number of benzene rings is 2. The summed E-state index contributed by atoms with van der Waals surface area (Å²) in [6, 6.07) is 17.3. The molecule has 3 N–H and O–H groups in total. The second-order valence-corrected chi connectivity index (χ2v) is 6.16. The molecule has 0 fully saturated rings. The highest BCUT2D eigenvalue weighted by Crippen LogP contribution is 2.15. The van der Waals surface area contributed by atoms with Gasteiger partial charge in [0.05, 0.1) is 6.54 Å². The molecule has 2 rings (SSSR count). The van der Waals surface area contributed by atoms with Crippen molar-refractivity contribution >= 4 is 23.2 Å². The maximum Gasteiger partial charge on any atom is 0.239 e. The first-order chi connectivity index (χ1) is 13.2. The second kappa shape index (κ2) is 11.7. The summed E-state index contributed by atoms with van der Waals surface area (Å²) in [5, 5.41) is 8.77. The molecule has 0 saturated heterocycles. The molecule has 0 aliphatic carbocycles. The molecule has 0 bridgehead atoms. The van der Waals surface area contributed by atoms with Crippen LogP contribution in [0.1, 0.15) is 18.4 Å². The number of methoxy groups -OCH3 is 1. The van der Waals surface area contributed by atoms with Gasteiger partial charge in [0, 0.05) is 38.1 Å². The lowest BCUT2D eigenvalue weighted by molar-refractivity contribution is -0.119. The predicted octanol–water partition coefficient (Wildman–Crippen LogP) is 2.82. The third kappa shape index (κ3) is 8.37. The standard InChI is InChI=1S/C21H27N3O3/c1-27-14-6-13-22-21(26)16-23-18-9-5-10-19(15-18)24-20(25)12-11-17-7-3-2-4-8-17/h2-5,7-10,15,23H,6,11-14,16H2,1H3,(H,22,26)(H,24,25). The lowest BCUT2D eigenvalue weighted by Gasteiger charge is -2.10. The van der Waals surface area contributed by atoms with E-state index in [1.54, 1.807) is 7.11 Å². The fourth-order valence-corrected chi connectivity index (χ4v) is 2.52. The molecule has 0 aliphatic rings. The zero-order valence-electron chi connectivity index (χ0n) is 15.7. The van der Waals surface area contributed by atoms with Crippen molar-refractivity contribution in [2.45, 2.75) is 19.3 Å². The second-order valence-electron chi connectivity index (χ2n) is 6.16. The zero-order valence-corrected chi connectivity index (χ0v) is 15.7. The van der Waals surface area contributed by atoms with Gasteiger partial charge in [0.2, 0.25) is 11.8 Å². The van der Waals surface area contributed by atoms with E-state index in [1.807, 2.05) is 54.6 Å². The summed E-state index contributed by atoms with van der Waals surface area (Å²) in [7, 11) is 1.64.